The van der Waals surface area contributed by atoms with E-state index in [4.69, 9.17) is 13.9 Å². The standard InChI is InChI=1S/C29H23NO7S/c1-3-35-28(31)27-19(2)36-26-16-14-22(18-25(26)27)30(29(32)37-23-11-5-4-6-12-23)38(33,34)24-15-13-20-9-7-8-10-21(20)17-24/h4-18H,3H2,1-2H3. The second-order valence-corrected chi connectivity index (χ2v) is 10.2. The van der Waals surface area contributed by atoms with Gasteiger partial charge in [0.05, 0.1) is 17.2 Å². The number of esters is 1. The third-order valence-electron chi connectivity index (χ3n) is 5.93. The lowest BCUT2D eigenvalue weighted by atomic mass is 10.1. The van der Waals surface area contributed by atoms with E-state index in [1.54, 1.807) is 62.4 Å². The number of sulfonamides is 1. The highest BCUT2D eigenvalue weighted by Crippen LogP contribution is 2.33. The molecule has 0 radical (unpaired) electrons. The van der Waals surface area contributed by atoms with Crippen LogP contribution in [0.3, 0.4) is 0 Å². The molecule has 0 unspecified atom stereocenters. The monoisotopic (exact) mass is 529 g/mol. The molecule has 192 valence electrons. The number of para-hydroxylation sites is 1. The number of furan rings is 1. The number of hydrogen-bond donors (Lipinski definition) is 0. The van der Waals surface area contributed by atoms with E-state index in [9.17, 15) is 18.0 Å². The van der Waals surface area contributed by atoms with Gasteiger partial charge in [-0.25, -0.2) is 18.0 Å². The molecule has 5 rings (SSSR count). The summed E-state index contributed by atoms with van der Waals surface area (Å²) >= 11 is 0. The van der Waals surface area contributed by atoms with Gasteiger partial charge < -0.3 is 13.9 Å². The van der Waals surface area contributed by atoms with Crippen LogP contribution in [0.1, 0.15) is 23.0 Å². The van der Waals surface area contributed by atoms with Crippen LogP contribution in [0.5, 0.6) is 5.75 Å². The van der Waals surface area contributed by atoms with Crippen molar-refractivity contribution < 1.29 is 31.9 Å². The van der Waals surface area contributed by atoms with Gasteiger partial charge >= 0.3 is 12.1 Å². The average molecular weight is 530 g/mol. The van der Waals surface area contributed by atoms with Gasteiger partial charge in [0.25, 0.3) is 10.0 Å². The molecule has 38 heavy (non-hydrogen) atoms. The molecule has 5 aromatic rings. The van der Waals surface area contributed by atoms with Gasteiger partial charge in [0, 0.05) is 5.39 Å². The maximum absolute atomic E-state index is 14.0. The van der Waals surface area contributed by atoms with Crippen molar-refractivity contribution in [1.29, 1.82) is 0 Å². The van der Waals surface area contributed by atoms with Gasteiger partial charge in [0.15, 0.2) is 0 Å². The SMILES string of the molecule is CCOC(=O)c1c(C)oc2ccc(N(C(=O)Oc3ccccc3)S(=O)(=O)c3ccc4ccccc4c3)cc12. The molecule has 8 nitrogen and oxygen atoms in total. The van der Waals surface area contributed by atoms with Crippen LogP contribution in [0, 0.1) is 6.92 Å². The van der Waals surface area contributed by atoms with Crippen LogP contribution in [-0.2, 0) is 14.8 Å². The lowest BCUT2D eigenvalue weighted by molar-refractivity contribution is 0.0526. The summed E-state index contributed by atoms with van der Waals surface area (Å²) in [6.07, 6.45) is -1.14. The zero-order valence-electron chi connectivity index (χ0n) is 20.6. The molecular weight excluding hydrogens is 506 g/mol. The highest BCUT2D eigenvalue weighted by molar-refractivity contribution is 7.93. The molecule has 9 heteroatoms. The molecule has 1 heterocycles. The Kier molecular flexibility index (Phi) is 6.61. The Morgan fingerprint density at radius 1 is 0.868 bits per heavy atom. The number of rotatable bonds is 6. The number of carbonyl (C=O) groups excluding carboxylic acids is 2. The van der Waals surface area contributed by atoms with E-state index < -0.39 is 22.1 Å². The molecule has 0 saturated carbocycles. The summed E-state index contributed by atoms with van der Waals surface area (Å²) in [4.78, 5) is 26.0. The summed E-state index contributed by atoms with van der Waals surface area (Å²) in [5.41, 5.74) is 0.468. The van der Waals surface area contributed by atoms with Gasteiger partial charge in [-0.3, -0.25) is 0 Å². The molecule has 0 atom stereocenters. The molecule has 0 aliphatic carbocycles. The van der Waals surface area contributed by atoms with Gasteiger partial charge in [-0.1, -0.05) is 48.5 Å². The Hall–Kier alpha value is -4.63. The van der Waals surface area contributed by atoms with Crippen LogP contribution in [0.15, 0.2) is 100 Å². The predicted molar refractivity (Wildman–Crippen MR) is 143 cm³/mol. The minimum atomic E-state index is -4.46. The molecule has 4 aromatic carbocycles. The number of nitrogens with zero attached hydrogens (tertiary/aromatic N) is 1. The Bertz CT molecular complexity index is 1780. The average Bonchev–Trinajstić information content (AvgIpc) is 3.24. The molecule has 0 aliphatic rings. The molecule has 1 amide bonds. The zero-order chi connectivity index (χ0) is 26.9. The Morgan fingerprint density at radius 3 is 2.32 bits per heavy atom. The van der Waals surface area contributed by atoms with Crippen molar-refractivity contribution in [2.75, 3.05) is 10.9 Å². The molecule has 0 N–H and O–H groups in total. The topological polar surface area (TPSA) is 103 Å². The van der Waals surface area contributed by atoms with Gasteiger partial charge in [-0.05, 0) is 67.1 Å². The second-order valence-electron chi connectivity index (χ2n) is 8.39. The molecule has 0 spiro atoms. The van der Waals surface area contributed by atoms with Crippen molar-refractivity contribution in [3.63, 3.8) is 0 Å². The van der Waals surface area contributed by atoms with E-state index in [1.165, 1.54) is 30.3 Å². The van der Waals surface area contributed by atoms with Crippen LogP contribution in [-0.4, -0.2) is 27.1 Å². The van der Waals surface area contributed by atoms with Crippen molar-refractivity contribution in [2.24, 2.45) is 0 Å². The predicted octanol–water partition coefficient (Wildman–Crippen LogP) is 6.47. The largest absolute Gasteiger partial charge is 0.462 e. The normalized spacial score (nSPS) is 11.4. The highest BCUT2D eigenvalue weighted by atomic mass is 32.2. The fourth-order valence-corrected chi connectivity index (χ4v) is 5.55. The lowest BCUT2D eigenvalue weighted by Crippen LogP contribution is -2.39. The molecule has 0 bridgehead atoms. The number of ether oxygens (including phenoxy) is 2. The summed E-state index contributed by atoms with van der Waals surface area (Å²) in [6, 6.07) is 24.4. The van der Waals surface area contributed by atoms with Crippen LogP contribution < -0.4 is 9.04 Å². The van der Waals surface area contributed by atoms with E-state index >= 15 is 0 Å². The quantitative estimate of drug-likeness (QED) is 0.232. The third kappa shape index (κ3) is 4.59. The minimum absolute atomic E-state index is 0.0297. The number of amides is 1. The summed E-state index contributed by atoms with van der Waals surface area (Å²) in [6.45, 7) is 3.44. The van der Waals surface area contributed by atoms with Crippen molar-refractivity contribution in [3.05, 3.63) is 102 Å². The Labute approximate surface area is 219 Å². The molecular formula is C29H23NO7S. The number of fused-ring (bicyclic) bond motifs is 2. The summed E-state index contributed by atoms with van der Waals surface area (Å²) < 4.78 is 44.8. The van der Waals surface area contributed by atoms with E-state index in [2.05, 4.69) is 0 Å². The number of carbonyl (C=O) groups is 2. The molecule has 0 saturated heterocycles. The Balaban J connectivity index is 1.67. The second kappa shape index (κ2) is 10.0. The highest BCUT2D eigenvalue weighted by Gasteiger charge is 2.34. The molecule has 0 aliphatic heterocycles. The molecule has 1 aromatic heterocycles. The first-order valence-corrected chi connectivity index (χ1v) is 13.2. The number of hydrogen-bond acceptors (Lipinski definition) is 7. The van der Waals surface area contributed by atoms with Gasteiger partial charge in [-0.2, -0.15) is 4.31 Å². The van der Waals surface area contributed by atoms with E-state index in [0.717, 1.165) is 5.39 Å². The van der Waals surface area contributed by atoms with Crippen molar-refractivity contribution in [2.45, 2.75) is 18.7 Å². The molecule has 0 fully saturated rings. The van der Waals surface area contributed by atoms with Crippen molar-refractivity contribution in [3.8, 4) is 5.75 Å². The summed E-state index contributed by atoms with van der Waals surface area (Å²) in [7, 11) is -4.46. The van der Waals surface area contributed by atoms with E-state index in [-0.39, 0.29) is 28.5 Å². The third-order valence-corrected chi connectivity index (χ3v) is 7.63. The van der Waals surface area contributed by atoms with Crippen LogP contribution in [0.4, 0.5) is 10.5 Å². The maximum Gasteiger partial charge on any atom is 0.434 e. The fraction of sp³-hybridized carbons (Fsp3) is 0.103. The maximum atomic E-state index is 14.0. The minimum Gasteiger partial charge on any atom is -0.462 e. The van der Waals surface area contributed by atoms with Crippen LogP contribution in [0.25, 0.3) is 21.7 Å². The van der Waals surface area contributed by atoms with Gasteiger partial charge in [0.2, 0.25) is 0 Å². The lowest BCUT2D eigenvalue weighted by Gasteiger charge is -2.22. The van der Waals surface area contributed by atoms with E-state index in [1.807, 2.05) is 12.1 Å². The van der Waals surface area contributed by atoms with E-state index in [0.29, 0.717) is 26.4 Å². The fourth-order valence-electron chi connectivity index (χ4n) is 4.20. The van der Waals surface area contributed by atoms with Crippen LogP contribution >= 0.6 is 0 Å². The summed E-state index contributed by atoms with van der Waals surface area (Å²) in [5.74, 6) is -0.133. The zero-order valence-corrected chi connectivity index (χ0v) is 21.4. The number of benzene rings is 4. The van der Waals surface area contributed by atoms with Crippen molar-refractivity contribution >= 4 is 49.5 Å². The van der Waals surface area contributed by atoms with Crippen LogP contribution in [0.2, 0.25) is 0 Å². The first-order chi connectivity index (χ1) is 18.3. The first-order valence-electron chi connectivity index (χ1n) is 11.8. The summed E-state index contributed by atoms with van der Waals surface area (Å²) in [5, 5.41) is 1.85. The smallest absolute Gasteiger partial charge is 0.434 e. The van der Waals surface area contributed by atoms with Crippen molar-refractivity contribution in [1.82, 2.24) is 0 Å². The number of anilines is 1. The van der Waals surface area contributed by atoms with Gasteiger partial charge in [0.1, 0.15) is 22.7 Å². The van der Waals surface area contributed by atoms with Gasteiger partial charge in [-0.15, -0.1) is 0 Å². The number of aryl methyl sites for hydroxylation is 1. The Morgan fingerprint density at radius 2 is 1.58 bits per heavy atom. The first kappa shape index (κ1) is 25.0.